The van der Waals surface area contributed by atoms with Crippen molar-refractivity contribution in [1.29, 1.82) is 0 Å². The van der Waals surface area contributed by atoms with Crippen LogP contribution in [-0.2, 0) is 11.2 Å². The first-order valence-electron chi connectivity index (χ1n) is 8.16. The molecule has 1 fully saturated rings. The first-order valence-corrected chi connectivity index (χ1v) is 8.16. The monoisotopic (exact) mass is 318 g/mol. The lowest BCUT2D eigenvalue weighted by atomic mass is 9.95. The SMILES string of the molecule is CC(C)(O)CCc1cccc(C(=O)N2CCCC(C(N)=O)C2)c1. The van der Waals surface area contributed by atoms with Crippen LogP contribution in [0.4, 0.5) is 0 Å². The minimum atomic E-state index is -0.721. The standard InChI is InChI=1S/C18H26N2O3/c1-18(2,23)9-8-13-5-3-6-14(11-13)17(22)20-10-4-7-15(12-20)16(19)21/h3,5-6,11,15,23H,4,7-10,12H2,1-2H3,(H2,19,21). The van der Waals surface area contributed by atoms with Gasteiger partial charge in [-0.25, -0.2) is 0 Å². The number of hydrogen-bond donors (Lipinski definition) is 2. The zero-order valence-electron chi connectivity index (χ0n) is 13.9. The predicted molar refractivity (Wildman–Crippen MR) is 88.9 cm³/mol. The Balaban J connectivity index is 2.06. The molecule has 2 amide bonds. The van der Waals surface area contributed by atoms with E-state index in [1.165, 1.54) is 0 Å². The van der Waals surface area contributed by atoms with E-state index in [4.69, 9.17) is 5.73 Å². The molecule has 1 aliphatic rings. The number of carbonyl (C=O) groups is 2. The summed E-state index contributed by atoms with van der Waals surface area (Å²) in [6.45, 7) is 4.62. The van der Waals surface area contributed by atoms with Gasteiger partial charge in [0.05, 0.1) is 11.5 Å². The molecule has 1 aromatic rings. The highest BCUT2D eigenvalue weighted by atomic mass is 16.3. The zero-order chi connectivity index (χ0) is 17.0. The molecule has 1 aliphatic heterocycles. The summed E-state index contributed by atoms with van der Waals surface area (Å²) in [5, 5.41) is 9.82. The van der Waals surface area contributed by atoms with Gasteiger partial charge >= 0.3 is 0 Å². The van der Waals surface area contributed by atoms with Crippen LogP contribution in [0.2, 0.25) is 0 Å². The van der Waals surface area contributed by atoms with E-state index in [2.05, 4.69) is 0 Å². The van der Waals surface area contributed by atoms with Crippen molar-refractivity contribution in [3.05, 3.63) is 35.4 Å². The molecule has 5 nitrogen and oxygen atoms in total. The topological polar surface area (TPSA) is 83.6 Å². The predicted octanol–water partition coefficient (Wildman–Crippen LogP) is 1.73. The molecule has 0 aliphatic carbocycles. The number of nitrogens with two attached hydrogens (primary N) is 1. The molecular formula is C18H26N2O3. The maximum Gasteiger partial charge on any atom is 0.253 e. The molecule has 2 rings (SSSR count). The van der Waals surface area contributed by atoms with Crippen molar-refractivity contribution >= 4 is 11.8 Å². The summed E-state index contributed by atoms with van der Waals surface area (Å²) in [6.07, 6.45) is 2.91. The molecule has 1 aromatic carbocycles. The van der Waals surface area contributed by atoms with Crippen molar-refractivity contribution in [3.63, 3.8) is 0 Å². The van der Waals surface area contributed by atoms with Gasteiger partial charge in [0.25, 0.3) is 5.91 Å². The van der Waals surface area contributed by atoms with Crippen molar-refractivity contribution in [1.82, 2.24) is 4.90 Å². The van der Waals surface area contributed by atoms with Crippen molar-refractivity contribution in [2.75, 3.05) is 13.1 Å². The Morgan fingerprint density at radius 2 is 2.13 bits per heavy atom. The summed E-state index contributed by atoms with van der Waals surface area (Å²) in [6, 6.07) is 7.50. The van der Waals surface area contributed by atoms with Gasteiger partial charge in [-0.1, -0.05) is 12.1 Å². The van der Waals surface area contributed by atoms with Crippen molar-refractivity contribution in [2.24, 2.45) is 11.7 Å². The summed E-state index contributed by atoms with van der Waals surface area (Å²) in [4.78, 5) is 25.7. The van der Waals surface area contributed by atoms with Crippen molar-refractivity contribution in [2.45, 2.75) is 45.1 Å². The molecule has 1 unspecified atom stereocenters. The van der Waals surface area contributed by atoms with E-state index in [9.17, 15) is 14.7 Å². The van der Waals surface area contributed by atoms with Gasteiger partial charge in [0.15, 0.2) is 0 Å². The molecule has 3 N–H and O–H groups in total. The summed E-state index contributed by atoms with van der Waals surface area (Å²) in [7, 11) is 0. The van der Waals surface area contributed by atoms with Crippen LogP contribution >= 0.6 is 0 Å². The minimum Gasteiger partial charge on any atom is -0.390 e. The van der Waals surface area contributed by atoms with Gasteiger partial charge in [0, 0.05) is 18.7 Å². The Labute approximate surface area is 137 Å². The van der Waals surface area contributed by atoms with Gasteiger partial charge in [-0.15, -0.1) is 0 Å². The number of aliphatic hydroxyl groups is 1. The average molecular weight is 318 g/mol. The molecule has 0 spiro atoms. The normalized spacial score (nSPS) is 18.7. The van der Waals surface area contributed by atoms with Gasteiger partial charge in [-0.2, -0.15) is 0 Å². The molecule has 0 aromatic heterocycles. The van der Waals surface area contributed by atoms with E-state index in [0.29, 0.717) is 31.5 Å². The minimum absolute atomic E-state index is 0.0546. The largest absolute Gasteiger partial charge is 0.390 e. The second-order valence-electron chi connectivity index (χ2n) is 7.01. The van der Waals surface area contributed by atoms with E-state index in [-0.39, 0.29) is 17.7 Å². The maximum absolute atomic E-state index is 12.6. The second kappa shape index (κ2) is 7.13. The lowest BCUT2D eigenvalue weighted by Crippen LogP contribution is -2.44. The molecule has 23 heavy (non-hydrogen) atoms. The summed E-state index contributed by atoms with van der Waals surface area (Å²) >= 11 is 0. The number of benzene rings is 1. The number of carbonyl (C=O) groups excluding carboxylic acids is 2. The smallest absolute Gasteiger partial charge is 0.253 e. The lowest BCUT2D eigenvalue weighted by Gasteiger charge is -2.31. The summed E-state index contributed by atoms with van der Waals surface area (Å²) < 4.78 is 0. The van der Waals surface area contributed by atoms with E-state index in [0.717, 1.165) is 18.4 Å². The third-order valence-electron chi connectivity index (χ3n) is 4.31. The van der Waals surface area contributed by atoms with Gasteiger partial charge in [-0.05, 0) is 57.2 Å². The number of aryl methyl sites for hydroxylation is 1. The first-order chi connectivity index (χ1) is 10.8. The maximum atomic E-state index is 12.6. The van der Waals surface area contributed by atoms with Crippen LogP contribution in [0, 0.1) is 5.92 Å². The number of amides is 2. The van der Waals surface area contributed by atoms with Gasteiger partial charge in [0.1, 0.15) is 0 Å². The van der Waals surface area contributed by atoms with Crippen LogP contribution < -0.4 is 5.73 Å². The highest BCUT2D eigenvalue weighted by Gasteiger charge is 2.27. The average Bonchev–Trinajstić information content (AvgIpc) is 2.52. The Bertz CT molecular complexity index is 578. The fourth-order valence-electron chi connectivity index (χ4n) is 2.89. The molecule has 5 heteroatoms. The van der Waals surface area contributed by atoms with Crippen LogP contribution in [0.5, 0.6) is 0 Å². The van der Waals surface area contributed by atoms with Crippen molar-refractivity contribution in [3.8, 4) is 0 Å². The Morgan fingerprint density at radius 1 is 1.39 bits per heavy atom. The molecule has 0 saturated carbocycles. The van der Waals surface area contributed by atoms with Crippen LogP contribution in [-0.4, -0.2) is 40.5 Å². The summed E-state index contributed by atoms with van der Waals surface area (Å²) in [5.74, 6) is -0.631. The summed E-state index contributed by atoms with van der Waals surface area (Å²) in [5.41, 5.74) is 6.31. The lowest BCUT2D eigenvalue weighted by molar-refractivity contribution is -0.123. The van der Waals surface area contributed by atoms with Crippen LogP contribution in [0.15, 0.2) is 24.3 Å². The van der Waals surface area contributed by atoms with E-state index in [1.807, 2.05) is 18.2 Å². The van der Waals surface area contributed by atoms with Gasteiger partial charge < -0.3 is 15.7 Å². The third-order valence-corrected chi connectivity index (χ3v) is 4.31. The molecule has 0 radical (unpaired) electrons. The van der Waals surface area contributed by atoms with E-state index >= 15 is 0 Å². The second-order valence-corrected chi connectivity index (χ2v) is 7.01. The van der Waals surface area contributed by atoms with Crippen molar-refractivity contribution < 1.29 is 14.7 Å². The third kappa shape index (κ3) is 5.06. The number of rotatable bonds is 5. The Hall–Kier alpha value is -1.88. The quantitative estimate of drug-likeness (QED) is 0.867. The molecule has 0 bridgehead atoms. The fraction of sp³-hybridized carbons (Fsp3) is 0.556. The highest BCUT2D eigenvalue weighted by Crippen LogP contribution is 2.20. The number of primary amides is 1. The number of hydrogen-bond acceptors (Lipinski definition) is 3. The molecule has 1 saturated heterocycles. The fourth-order valence-corrected chi connectivity index (χ4v) is 2.89. The van der Waals surface area contributed by atoms with Crippen LogP contribution in [0.1, 0.15) is 49.0 Å². The molecule has 126 valence electrons. The molecule has 1 atom stereocenters. The molecule has 1 heterocycles. The van der Waals surface area contributed by atoms with E-state index < -0.39 is 5.60 Å². The Morgan fingerprint density at radius 3 is 2.78 bits per heavy atom. The van der Waals surface area contributed by atoms with Crippen LogP contribution in [0.25, 0.3) is 0 Å². The number of piperidine rings is 1. The van der Waals surface area contributed by atoms with Gasteiger partial charge in [-0.3, -0.25) is 9.59 Å². The Kier molecular flexibility index (Phi) is 5.42. The zero-order valence-corrected chi connectivity index (χ0v) is 13.9. The first kappa shape index (κ1) is 17.5. The van der Waals surface area contributed by atoms with E-state index in [1.54, 1.807) is 24.8 Å². The molecular weight excluding hydrogens is 292 g/mol. The number of nitrogens with zero attached hydrogens (tertiary/aromatic N) is 1. The van der Waals surface area contributed by atoms with Crippen LogP contribution in [0.3, 0.4) is 0 Å². The highest BCUT2D eigenvalue weighted by molar-refractivity contribution is 5.94. The van der Waals surface area contributed by atoms with Gasteiger partial charge in [0.2, 0.25) is 5.91 Å². The number of likely N-dealkylation sites (tertiary alicyclic amines) is 1.